The molecule has 0 amide bonds. The van der Waals surface area contributed by atoms with E-state index in [2.05, 4.69) is 25.7 Å². The normalized spacial score (nSPS) is 8.31. The van der Waals surface area contributed by atoms with Crippen molar-refractivity contribution in [3.63, 3.8) is 0 Å². The molecule has 0 aliphatic rings. The molecule has 4 nitrogen and oxygen atoms in total. The second-order valence-electron chi connectivity index (χ2n) is 2.84. The van der Waals surface area contributed by atoms with Gasteiger partial charge in [-0.1, -0.05) is 20.8 Å². The first kappa shape index (κ1) is 23.0. The summed E-state index contributed by atoms with van der Waals surface area (Å²) in [6, 6.07) is 0. The van der Waals surface area contributed by atoms with E-state index in [1.165, 1.54) is 38.9 Å². The third-order valence-electron chi connectivity index (χ3n) is 1.62. The van der Waals surface area contributed by atoms with Gasteiger partial charge in [-0.25, -0.2) is 0 Å². The Labute approximate surface area is 81.9 Å². The molecule has 0 fully saturated rings. The van der Waals surface area contributed by atoms with Crippen molar-refractivity contribution in [2.45, 2.75) is 40.0 Å². The summed E-state index contributed by atoms with van der Waals surface area (Å²) < 4.78 is 0. The zero-order valence-corrected chi connectivity index (χ0v) is 9.19. The summed E-state index contributed by atoms with van der Waals surface area (Å²) in [5.41, 5.74) is 0. The lowest BCUT2D eigenvalue weighted by Gasteiger charge is -2.19. The quantitative estimate of drug-likeness (QED) is 0.590. The molecule has 0 unspecified atom stereocenters. The van der Waals surface area contributed by atoms with Crippen LogP contribution in [0.4, 0.5) is 0 Å². The van der Waals surface area contributed by atoms with Crippen molar-refractivity contribution < 1.29 is 16.4 Å². The van der Waals surface area contributed by atoms with Gasteiger partial charge in [0.1, 0.15) is 0 Å². The molecule has 0 heterocycles. The van der Waals surface area contributed by atoms with Gasteiger partial charge in [0.15, 0.2) is 0 Å². The molecule has 86 valence electrons. The second kappa shape index (κ2) is 17.8. The van der Waals surface area contributed by atoms with Crippen LogP contribution in [0.5, 0.6) is 0 Å². The molecule has 0 saturated carbocycles. The van der Waals surface area contributed by atoms with Gasteiger partial charge in [0.25, 0.3) is 0 Å². The van der Waals surface area contributed by atoms with E-state index in [9.17, 15) is 0 Å². The van der Waals surface area contributed by atoms with E-state index >= 15 is 0 Å². The largest absolute Gasteiger partial charge is 0.412 e. The molecule has 6 N–H and O–H groups in total. The van der Waals surface area contributed by atoms with Gasteiger partial charge >= 0.3 is 0 Å². The zero-order valence-electron chi connectivity index (χ0n) is 9.19. The van der Waals surface area contributed by atoms with Gasteiger partial charge < -0.3 is 21.3 Å². The first-order valence-electron chi connectivity index (χ1n) is 4.57. The zero-order chi connectivity index (χ0) is 7.82. The molecule has 0 rings (SSSR count). The Morgan fingerprint density at radius 1 is 0.615 bits per heavy atom. The Morgan fingerprint density at radius 2 is 0.846 bits per heavy atom. The smallest absolute Gasteiger partial charge is 0.00214 e. The molecule has 0 bridgehead atoms. The highest BCUT2D eigenvalue weighted by Gasteiger charge is 1.98. The van der Waals surface area contributed by atoms with Crippen molar-refractivity contribution >= 4 is 0 Å². The number of hydrogen-bond acceptors (Lipinski definition) is 1. The minimum absolute atomic E-state index is 0. The molecule has 0 aromatic heterocycles. The molecule has 0 spiro atoms. The molecule has 0 aromatic carbocycles. The van der Waals surface area contributed by atoms with Crippen molar-refractivity contribution in [2.24, 2.45) is 0 Å². The van der Waals surface area contributed by atoms with E-state index in [4.69, 9.17) is 0 Å². The van der Waals surface area contributed by atoms with Crippen LogP contribution in [0, 0.1) is 0 Å². The van der Waals surface area contributed by atoms with E-state index in [-0.39, 0.29) is 16.4 Å². The van der Waals surface area contributed by atoms with Gasteiger partial charge in [0.2, 0.25) is 0 Å². The molecule has 0 aromatic rings. The highest BCUT2D eigenvalue weighted by molar-refractivity contribution is 4.53. The van der Waals surface area contributed by atoms with Crippen LogP contribution >= 0.6 is 0 Å². The Balaban J connectivity index is -0.000000135. The van der Waals surface area contributed by atoms with Crippen LogP contribution in [0.25, 0.3) is 0 Å². The van der Waals surface area contributed by atoms with E-state index < -0.39 is 0 Å². The summed E-state index contributed by atoms with van der Waals surface area (Å²) in [5, 5.41) is 0. The minimum atomic E-state index is 0. The molecular weight excluding hydrogens is 170 g/mol. The molecular formula is C9H27NO3. The molecule has 0 aliphatic heterocycles. The summed E-state index contributed by atoms with van der Waals surface area (Å²) in [7, 11) is 0. The monoisotopic (exact) mass is 197 g/mol. The Morgan fingerprint density at radius 3 is 1.00 bits per heavy atom. The summed E-state index contributed by atoms with van der Waals surface area (Å²) in [6.07, 6.45) is 3.88. The van der Waals surface area contributed by atoms with Gasteiger partial charge in [0.05, 0.1) is 0 Å². The fraction of sp³-hybridized carbons (Fsp3) is 1.00. The average Bonchev–Trinajstić information content (AvgIpc) is 1.90. The maximum Gasteiger partial charge on any atom is -0.00214 e. The fourth-order valence-corrected chi connectivity index (χ4v) is 1.28. The standard InChI is InChI=1S/C9H21N.3H2O/c1-4-7-10(8-5-2)9-6-3;;;/h4-9H2,1-3H3;3*1H2. The number of rotatable bonds is 6. The fourth-order valence-electron chi connectivity index (χ4n) is 1.28. The lowest BCUT2D eigenvalue weighted by Crippen LogP contribution is -2.25. The van der Waals surface area contributed by atoms with Gasteiger partial charge in [-0.05, 0) is 38.9 Å². The highest BCUT2D eigenvalue weighted by atomic mass is 16.0. The minimum Gasteiger partial charge on any atom is -0.412 e. The maximum atomic E-state index is 2.54. The lowest BCUT2D eigenvalue weighted by molar-refractivity contribution is 0.275. The van der Waals surface area contributed by atoms with Crippen LogP contribution in [0.2, 0.25) is 0 Å². The van der Waals surface area contributed by atoms with Gasteiger partial charge in [-0.2, -0.15) is 0 Å². The molecule has 0 saturated heterocycles. The summed E-state index contributed by atoms with van der Waals surface area (Å²) in [4.78, 5) is 2.54. The van der Waals surface area contributed by atoms with Crippen LogP contribution < -0.4 is 0 Å². The van der Waals surface area contributed by atoms with E-state index in [1.807, 2.05) is 0 Å². The van der Waals surface area contributed by atoms with Gasteiger partial charge in [-0.15, -0.1) is 0 Å². The first-order chi connectivity index (χ1) is 4.85. The van der Waals surface area contributed by atoms with E-state index in [0.717, 1.165) is 0 Å². The van der Waals surface area contributed by atoms with Crippen molar-refractivity contribution in [3.05, 3.63) is 0 Å². The second-order valence-corrected chi connectivity index (χ2v) is 2.84. The van der Waals surface area contributed by atoms with E-state index in [1.54, 1.807) is 0 Å². The van der Waals surface area contributed by atoms with Gasteiger partial charge in [-0.3, -0.25) is 0 Å². The summed E-state index contributed by atoms with van der Waals surface area (Å²) >= 11 is 0. The van der Waals surface area contributed by atoms with E-state index in [0.29, 0.717) is 0 Å². The van der Waals surface area contributed by atoms with Crippen LogP contribution in [0.3, 0.4) is 0 Å². The van der Waals surface area contributed by atoms with Gasteiger partial charge in [0, 0.05) is 0 Å². The Hall–Kier alpha value is -0.160. The van der Waals surface area contributed by atoms with Crippen LogP contribution in [0.15, 0.2) is 0 Å². The third-order valence-corrected chi connectivity index (χ3v) is 1.62. The third kappa shape index (κ3) is 14.7. The van der Waals surface area contributed by atoms with Crippen molar-refractivity contribution in [2.75, 3.05) is 19.6 Å². The Kier molecular flexibility index (Phi) is 31.5. The topological polar surface area (TPSA) is 97.7 Å². The van der Waals surface area contributed by atoms with Crippen LogP contribution in [-0.2, 0) is 0 Å². The predicted molar refractivity (Wildman–Crippen MR) is 58.2 cm³/mol. The number of hydrogen-bond donors (Lipinski definition) is 0. The molecule has 0 aliphatic carbocycles. The SMILES string of the molecule is CCCN(CCC)CCC.O.O.O. The van der Waals surface area contributed by atoms with Crippen molar-refractivity contribution in [1.29, 1.82) is 0 Å². The van der Waals surface area contributed by atoms with Crippen LogP contribution in [0.1, 0.15) is 40.0 Å². The van der Waals surface area contributed by atoms with Crippen molar-refractivity contribution in [1.82, 2.24) is 4.90 Å². The van der Waals surface area contributed by atoms with Crippen molar-refractivity contribution in [3.8, 4) is 0 Å². The molecule has 0 atom stereocenters. The highest BCUT2D eigenvalue weighted by Crippen LogP contribution is 1.94. The predicted octanol–water partition coefficient (Wildman–Crippen LogP) is 0.0443. The summed E-state index contributed by atoms with van der Waals surface area (Å²) in [5.74, 6) is 0. The number of nitrogens with zero attached hydrogens (tertiary/aromatic N) is 1. The average molecular weight is 197 g/mol. The Bertz CT molecular complexity index is 57.6. The molecule has 13 heavy (non-hydrogen) atoms. The molecule has 4 heteroatoms. The lowest BCUT2D eigenvalue weighted by atomic mass is 10.3. The molecule has 0 radical (unpaired) electrons. The summed E-state index contributed by atoms with van der Waals surface area (Å²) in [6.45, 7) is 10.6. The first-order valence-corrected chi connectivity index (χ1v) is 4.57. The van der Waals surface area contributed by atoms with Crippen LogP contribution in [-0.4, -0.2) is 41.0 Å². The maximum absolute atomic E-state index is 2.54.